The van der Waals surface area contributed by atoms with Gasteiger partial charge >= 0.3 is 5.97 Å². The van der Waals surface area contributed by atoms with Crippen LogP contribution in [0.15, 0.2) is 12.1 Å². The number of benzene rings is 1. The van der Waals surface area contributed by atoms with Crippen molar-refractivity contribution in [3.8, 4) is 11.5 Å². The van der Waals surface area contributed by atoms with Crippen molar-refractivity contribution in [2.75, 3.05) is 46.3 Å². The van der Waals surface area contributed by atoms with E-state index >= 15 is 0 Å². The van der Waals surface area contributed by atoms with Crippen LogP contribution in [0.1, 0.15) is 36.2 Å². The van der Waals surface area contributed by atoms with Crippen LogP contribution in [0.3, 0.4) is 0 Å². The number of aliphatic hydroxyl groups is 1. The first-order chi connectivity index (χ1) is 14.5. The van der Waals surface area contributed by atoms with Crippen LogP contribution in [0.2, 0.25) is 0 Å². The van der Waals surface area contributed by atoms with E-state index in [4.69, 9.17) is 14.2 Å². The Morgan fingerprint density at radius 2 is 1.93 bits per heavy atom. The number of aromatic nitrogens is 1. The summed E-state index contributed by atoms with van der Waals surface area (Å²) in [5.41, 5.74) is 1.14. The average molecular weight is 420 g/mol. The number of likely N-dealkylation sites (tertiary alicyclic amines) is 1. The number of aliphatic hydroxyl groups excluding tert-OH is 1. The number of amides is 1. The molecule has 0 saturated carbocycles. The fourth-order valence-electron chi connectivity index (χ4n) is 4.18. The molecule has 1 aliphatic rings. The summed E-state index contributed by atoms with van der Waals surface area (Å²) in [5.74, 6) is 0.212. The highest BCUT2D eigenvalue weighted by Crippen LogP contribution is 2.37. The fourth-order valence-corrected chi connectivity index (χ4v) is 4.18. The molecule has 4 N–H and O–H groups in total. The van der Waals surface area contributed by atoms with Crippen LogP contribution in [0.4, 0.5) is 5.69 Å². The Balaban J connectivity index is 1.91. The van der Waals surface area contributed by atoms with Crippen LogP contribution in [0.25, 0.3) is 10.9 Å². The number of hydrogen-bond donors (Lipinski definition) is 4. The second-order valence-corrected chi connectivity index (χ2v) is 7.46. The van der Waals surface area contributed by atoms with Crippen molar-refractivity contribution in [2.45, 2.75) is 31.7 Å². The molecule has 0 radical (unpaired) electrons. The minimum absolute atomic E-state index is 0.117. The van der Waals surface area contributed by atoms with Gasteiger partial charge in [0.25, 0.3) is 5.91 Å². The van der Waals surface area contributed by atoms with E-state index in [-0.39, 0.29) is 30.8 Å². The van der Waals surface area contributed by atoms with Gasteiger partial charge in [-0.1, -0.05) is 0 Å². The van der Waals surface area contributed by atoms with Gasteiger partial charge in [0.15, 0.2) is 18.0 Å². The molecule has 3 rings (SSSR count). The maximum atomic E-state index is 12.9. The summed E-state index contributed by atoms with van der Waals surface area (Å²) in [6.45, 7) is 1.28. The molecule has 0 spiro atoms. The number of rotatable bonds is 8. The van der Waals surface area contributed by atoms with E-state index in [9.17, 15) is 14.7 Å². The monoisotopic (exact) mass is 420 g/mol. The summed E-state index contributed by atoms with van der Waals surface area (Å²) in [7, 11) is 4.34. The van der Waals surface area contributed by atoms with Crippen molar-refractivity contribution < 1.29 is 33.8 Å². The summed E-state index contributed by atoms with van der Waals surface area (Å²) in [6.07, 6.45) is 3.86. The third-order valence-corrected chi connectivity index (χ3v) is 5.70. The molecule has 2 aromatic rings. The van der Waals surface area contributed by atoms with Crippen molar-refractivity contribution in [3.63, 3.8) is 0 Å². The SMILES string of the molecule is COC(=O)c1[nH]c2cc(OC)c(OC)cc2c1NC(=O)C[NH+]1CCCC[C@H]1CCO. The van der Waals surface area contributed by atoms with Gasteiger partial charge in [0.1, 0.15) is 5.69 Å². The van der Waals surface area contributed by atoms with Crippen molar-refractivity contribution >= 4 is 28.5 Å². The van der Waals surface area contributed by atoms with Gasteiger partial charge in [0.05, 0.1) is 45.1 Å². The number of hydrogen-bond acceptors (Lipinski definition) is 6. The van der Waals surface area contributed by atoms with Crippen LogP contribution >= 0.6 is 0 Å². The van der Waals surface area contributed by atoms with Crippen LogP contribution in [0.5, 0.6) is 11.5 Å². The fraction of sp³-hybridized carbons (Fsp3) is 0.524. The molecule has 9 nitrogen and oxygen atoms in total. The maximum Gasteiger partial charge on any atom is 0.356 e. The van der Waals surface area contributed by atoms with E-state index in [1.165, 1.54) is 21.3 Å². The minimum atomic E-state index is -0.581. The first-order valence-electron chi connectivity index (χ1n) is 10.1. The van der Waals surface area contributed by atoms with Gasteiger partial charge in [-0.3, -0.25) is 4.79 Å². The van der Waals surface area contributed by atoms with Crippen molar-refractivity contribution in [3.05, 3.63) is 17.8 Å². The predicted octanol–water partition coefficient (Wildman–Crippen LogP) is 0.730. The van der Waals surface area contributed by atoms with Gasteiger partial charge in [-0.25, -0.2) is 4.79 Å². The topological polar surface area (TPSA) is 114 Å². The normalized spacial score (nSPS) is 18.8. The zero-order valence-corrected chi connectivity index (χ0v) is 17.7. The molecule has 1 fully saturated rings. The van der Waals surface area contributed by atoms with E-state index in [0.29, 0.717) is 34.5 Å². The molecular formula is C21H30N3O6+. The Morgan fingerprint density at radius 3 is 2.60 bits per heavy atom. The average Bonchev–Trinajstić information content (AvgIpc) is 3.10. The van der Waals surface area contributed by atoms with Crippen LogP contribution in [0, 0.1) is 0 Å². The zero-order valence-electron chi connectivity index (χ0n) is 17.7. The first kappa shape index (κ1) is 21.9. The van der Waals surface area contributed by atoms with Crippen molar-refractivity contribution in [1.29, 1.82) is 0 Å². The highest BCUT2D eigenvalue weighted by Gasteiger charge is 2.29. The molecule has 1 saturated heterocycles. The van der Waals surface area contributed by atoms with E-state index in [0.717, 1.165) is 30.7 Å². The molecular weight excluding hydrogens is 390 g/mol. The highest BCUT2D eigenvalue weighted by atomic mass is 16.5. The smallest absolute Gasteiger partial charge is 0.356 e. The number of fused-ring (bicyclic) bond motifs is 1. The number of carbonyl (C=O) groups excluding carboxylic acids is 2. The number of anilines is 1. The van der Waals surface area contributed by atoms with Gasteiger partial charge < -0.3 is 34.5 Å². The number of nitrogens with one attached hydrogen (secondary N) is 3. The molecule has 1 aromatic carbocycles. The standard InChI is InChI=1S/C21H29N3O6/c1-28-16-10-14-15(11-17(16)29-2)22-20(21(27)30-3)19(14)23-18(26)12-24-8-5-4-6-13(24)7-9-25/h10-11,13,22,25H,4-9,12H2,1-3H3,(H,23,26)/p+1/t13-/m0/s1. The second-order valence-electron chi connectivity index (χ2n) is 7.46. The van der Waals surface area contributed by atoms with Crippen molar-refractivity contribution in [1.82, 2.24) is 4.98 Å². The summed E-state index contributed by atoms with van der Waals surface area (Å²) >= 11 is 0. The van der Waals surface area contributed by atoms with Gasteiger partial charge in [-0.2, -0.15) is 0 Å². The van der Waals surface area contributed by atoms with Crippen LogP contribution in [-0.4, -0.2) is 69.0 Å². The molecule has 2 heterocycles. The number of ether oxygens (including phenoxy) is 3. The molecule has 1 unspecified atom stereocenters. The molecule has 1 aromatic heterocycles. The lowest BCUT2D eigenvalue weighted by Gasteiger charge is -2.31. The molecule has 30 heavy (non-hydrogen) atoms. The Kier molecular flexibility index (Phi) is 7.17. The zero-order chi connectivity index (χ0) is 21.7. The quantitative estimate of drug-likeness (QED) is 0.468. The summed E-state index contributed by atoms with van der Waals surface area (Å²) in [4.78, 5) is 29.4. The van der Waals surface area contributed by atoms with Crippen molar-refractivity contribution in [2.24, 2.45) is 0 Å². The number of quaternary nitrogens is 1. The van der Waals surface area contributed by atoms with Gasteiger partial charge in [-0.15, -0.1) is 0 Å². The lowest BCUT2D eigenvalue weighted by atomic mass is 9.99. The Bertz CT molecular complexity index is 908. The Hall–Kier alpha value is -2.78. The molecule has 0 bridgehead atoms. The van der Waals surface area contributed by atoms with Gasteiger partial charge in [0, 0.05) is 24.5 Å². The lowest BCUT2D eigenvalue weighted by Crippen LogP contribution is -3.17. The third kappa shape index (κ3) is 4.52. The number of aromatic amines is 1. The third-order valence-electron chi connectivity index (χ3n) is 5.70. The number of H-pyrrole nitrogens is 1. The largest absolute Gasteiger partial charge is 0.493 e. The number of esters is 1. The molecule has 9 heteroatoms. The maximum absolute atomic E-state index is 12.9. The molecule has 164 valence electrons. The number of methoxy groups -OCH3 is 3. The van der Waals surface area contributed by atoms with E-state index in [2.05, 4.69) is 10.3 Å². The summed E-state index contributed by atoms with van der Waals surface area (Å²) < 4.78 is 15.6. The Morgan fingerprint density at radius 1 is 1.20 bits per heavy atom. The van der Waals surface area contributed by atoms with E-state index in [1.54, 1.807) is 12.1 Å². The summed E-state index contributed by atoms with van der Waals surface area (Å²) in [6, 6.07) is 3.69. The van der Waals surface area contributed by atoms with Crippen LogP contribution in [-0.2, 0) is 9.53 Å². The van der Waals surface area contributed by atoms with Gasteiger partial charge in [-0.05, 0) is 25.3 Å². The first-order valence-corrected chi connectivity index (χ1v) is 10.1. The Labute approximate surface area is 175 Å². The molecule has 1 amide bonds. The van der Waals surface area contributed by atoms with Crippen LogP contribution < -0.4 is 19.7 Å². The number of piperidine rings is 1. The number of carbonyl (C=O) groups is 2. The second kappa shape index (κ2) is 9.82. The summed E-state index contributed by atoms with van der Waals surface area (Å²) in [5, 5.41) is 12.8. The van der Waals surface area contributed by atoms with E-state index < -0.39 is 5.97 Å². The predicted molar refractivity (Wildman–Crippen MR) is 111 cm³/mol. The highest BCUT2D eigenvalue weighted by molar-refractivity contribution is 6.11. The molecule has 0 aliphatic carbocycles. The van der Waals surface area contributed by atoms with E-state index in [1.807, 2.05) is 0 Å². The molecule has 1 aliphatic heterocycles. The van der Waals surface area contributed by atoms with Gasteiger partial charge in [0.2, 0.25) is 0 Å². The minimum Gasteiger partial charge on any atom is -0.493 e. The lowest BCUT2D eigenvalue weighted by molar-refractivity contribution is -0.923. The molecule has 2 atom stereocenters.